The molecule has 2 atom stereocenters. The molecule has 0 amide bonds. The molecule has 1 aliphatic rings. The summed E-state index contributed by atoms with van der Waals surface area (Å²) >= 11 is 0. The fourth-order valence-electron chi connectivity index (χ4n) is 3.06. The zero-order valence-electron chi connectivity index (χ0n) is 14.1. The van der Waals surface area contributed by atoms with Crippen LogP contribution in [0.15, 0.2) is 24.3 Å². The van der Waals surface area contributed by atoms with Crippen molar-refractivity contribution in [3.63, 3.8) is 0 Å². The summed E-state index contributed by atoms with van der Waals surface area (Å²) in [5.41, 5.74) is -1.83. The minimum atomic E-state index is -4.42. The van der Waals surface area contributed by atoms with Crippen LogP contribution in [0.4, 0.5) is 13.2 Å². The van der Waals surface area contributed by atoms with Crippen molar-refractivity contribution in [1.82, 2.24) is 9.80 Å². The lowest BCUT2D eigenvalue weighted by Gasteiger charge is -2.38. The van der Waals surface area contributed by atoms with Crippen molar-refractivity contribution in [3.05, 3.63) is 35.4 Å². The quantitative estimate of drug-likeness (QED) is 0.855. The minimum Gasteiger partial charge on any atom is -0.392 e. The predicted molar refractivity (Wildman–Crippen MR) is 85.6 cm³/mol. The Kier molecular flexibility index (Phi) is 5.91. The van der Waals surface area contributed by atoms with E-state index in [0.29, 0.717) is 19.6 Å². The molecule has 1 aliphatic heterocycles. The van der Waals surface area contributed by atoms with E-state index in [1.807, 2.05) is 4.90 Å². The van der Waals surface area contributed by atoms with Gasteiger partial charge in [0.05, 0.1) is 17.3 Å². The summed E-state index contributed by atoms with van der Waals surface area (Å²) in [6.45, 7) is 7.13. The van der Waals surface area contributed by atoms with Crippen molar-refractivity contribution >= 4 is 0 Å². The van der Waals surface area contributed by atoms with Gasteiger partial charge in [0.1, 0.15) is 0 Å². The second-order valence-corrected chi connectivity index (χ2v) is 6.78. The highest BCUT2D eigenvalue weighted by Crippen LogP contribution is 2.32. The molecule has 2 N–H and O–H groups in total. The van der Waals surface area contributed by atoms with E-state index in [-0.39, 0.29) is 18.2 Å². The molecule has 1 aromatic rings. The molecule has 1 heterocycles. The van der Waals surface area contributed by atoms with E-state index < -0.39 is 17.3 Å². The number of benzene rings is 1. The van der Waals surface area contributed by atoms with Gasteiger partial charge in [-0.2, -0.15) is 13.2 Å². The molecule has 0 radical (unpaired) electrons. The number of nitrogens with zero attached hydrogens (tertiary/aromatic N) is 2. The predicted octanol–water partition coefficient (Wildman–Crippen LogP) is 1.91. The van der Waals surface area contributed by atoms with Gasteiger partial charge >= 0.3 is 6.18 Å². The summed E-state index contributed by atoms with van der Waals surface area (Å²) in [5, 5.41) is 20.1. The van der Waals surface area contributed by atoms with E-state index >= 15 is 0 Å². The molecule has 1 fully saturated rings. The normalized spacial score (nSPS) is 21.5. The van der Waals surface area contributed by atoms with Gasteiger partial charge in [-0.1, -0.05) is 12.1 Å². The molecule has 0 unspecified atom stereocenters. The van der Waals surface area contributed by atoms with Gasteiger partial charge in [-0.3, -0.25) is 9.80 Å². The molecule has 0 bridgehead atoms. The molecule has 0 aromatic heterocycles. The van der Waals surface area contributed by atoms with Crippen molar-refractivity contribution in [1.29, 1.82) is 0 Å². The third-order valence-electron chi connectivity index (χ3n) is 4.33. The standard InChI is InChI=1S/C17H25F3N2O2/c1-13(23)11-21-6-8-22(9-7-21)12-16(2,24)14-4-3-5-15(10-14)17(18,19)20/h3-5,10,13,23-24H,6-9,11-12H2,1-2H3/t13-,16-/m1/s1. The maximum atomic E-state index is 12.8. The fourth-order valence-corrected chi connectivity index (χ4v) is 3.06. The second-order valence-electron chi connectivity index (χ2n) is 6.78. The van der Waals surface area contributed by atoms with Crippen LogP contribution in [0.1, 0.15) is 25.0 Å². The highest BCUT2D eigenvalue weighted by atomic mass is 19.4. The molecule has 2 rings (SSSR count). The van der Waals surface area contributed by atoms with Gasteiger partial charge in [-0.05, 0) is 31.5 Å². The van der Waals surface area contributed by atoms with E-state index in [2.05, 4.69) is 4.90 Å². The molecule has 0 aliphatic carbocycles. The van der Waals surface area contributed by atoms with Crippen LogP contribution >= 0.6 is 0 Å². The Morgan fingerprint density at radius 1 is 1.08 bits per heavy atom. The molecular formula is C17H25F3N2O2. The molecule has 7 heteroatoms. The van der Waals surface area contributed by atoms with E-state index in [1.165, 1.54) is 12.1 Å². The van der Waals surface area contributed by atoms with Gasteiger partial charge in [0, 0.05) is 39.3 Å². The van der Waals surface area contributed by atoms with Crippen LogP contribution in [0.5, 0.6) is 0 Å². The Labute approximate surface area is 140 Å². The lowest BCUT2D eigenvalue weighted by molar-refractivity contribution is -0.137. The average molecular weight is 346 g/mol. The third kappa shape index (κ3) is 5.17. The van der Waals surface area contributed by atoms with Gasteiger partial charge in [-0.15, -0.1) is 0 Å². The Hall–Kier alpha value is -1.15. The SMILES string of the molecule is C[C@@H](O)CN1CCN(C[C@@](C)(O)c2cccc(C(F)(F)F)c2)CC1. The second kappa shape index (κ2) is 7.39. The molecule has 1 aromatic carbocycles. The van der Waals surface area contributed by atoms with E-state index in [4.69, 9.17) is 0 Å². The number of aliphatic hydroxyl groups excluding tert-OH is 1. The van der Waals surface area contributed by atoms with Crippen LogP contribution < -0.4 is 0 Å². The van der Waals surface area contributed by atoms with Gasteiger partial charge in [0.25, 0.3) is 0 Å². The molecule has 0 saturated carbocycles. The lowest BCUT2D eigenvalue weighted by atomic mass is 9.93. The van der Waals surface area contributed by atoms with Crippen LogP contribution in [0.3, 0.4) is 0 Å². The largest absolute Gasteiger partial charge is 0.416 e. The van der Waals surface area contributed by atoms with Crippen molar-refractivity contribution in [2.45, 2.75) is 31.7 Å². The number of aliphatic hydroxyl groups is 2. The Morgan fingerprint density at radius 2 is 1.62 bits per heavy atom. The third-order valence-corrected chi connectivity index (χ3v) is 4.33. The molecule has 136 valence electrons. The van der Waals surface area contributed by atoms with Gasteiger partial charge in [-0.25, -0.2) is 0 Å². The smallest absolute Gasteiger partial charge is 0.392 e. The molecule has 4 nitrogen and oxygen atoms in total. The minimum absolute atomic E-state index is 0.267. The number of rotatable bonds is 5. The first kappa shape index (κ1) is 19.2. The van der Waals surface area contributed by atoms with E-state index in [1.54, 1.807) is 13.8 Å². The van der Waals surface area contributed by atoms with E-state index in [0.717, 1.165) is 25.2 Å². The number of hydrogen-bond acceptors (Lipinski definition) is 4. The maximum absolute atomic E-state index is 12.8. The fraction of sp³-hybridized carbons (Fsp3) is 0.647. The highest BCUT2D eigenvalue weighted by molar-refractivity contribution is 5.29. The van der Waals surface area contributed by atoms with Gasteiger partial charge < -0.3 is 10.2 Å². The number of piperazine rings is 1. The van der Waals surface area contributed by atoms with Gasteiger partial charge in [0.2, 0.25) is 0 Å². The first-order chi connectivity index (χ1) is 11.1. The zero-order chi connectivity index (χ0) is 18.0. The zero-order valence-corrected chi connectivity index (χ0v) is 14.1. The first-order valence-corrected chi connectivity index (χ1v) is 8.11. The summed E-state index contributed by atoms with van der Waals surface area (Å²) in [6, 6.07) is 4.88. The lowest BCUT2D eigenvalue weighted by Crippen LogP contribution is -2.51. The summed E-state index contributed by atoms with van der Waals surface area (Å²) in [5.74, 6) is 0. The van der Waals surface area contributed by atoms with Crippen molar-refractivity contribution in [3.8, 4) is 0 Å². The number of hydrogen-bond donors (Lipinski definition) is 2. The maximum Gasteiger partial charge on any atom is 0.416 e. The van der Waals surface area contributed by atoms with Crippen LogP contribution in [0.2, 0.25) is 0 Å². The summed E-state index contributed by atoms with van der Waals surface area (Å²) < 4.78 is 38.5. The molecule has 24 heavy (non-hydrogen) atoms. The van der Waals surface area contributed by atoms with Crippen LogP contribution in [0, 0.1) is 0 Å². The Bertz CT molecular complexity index is 539. The van der Waals surface area contributed by atoms with Crippen LogP contribution in [0.25, 0.3) is 0 Å². The number of halogens is 3. The number of β-amino-alcohol motifs (C(OH)–C–C–N with tert-alkyl or cyclic N) is 2. The van der Waals surface area contributed by atoms with Crippen LogP contribution in [-0.2, 0) is 11.8 Å². The summed E-state index contributed by atoms with van der Waals surface area (Å²) in [7, 11) is 0. The summed E-state index contributed by atoms with van der Waals surface area (Å²) in [4.78, 5) is 4.18. The topological polar surface area (TPSA) is 46.9 Å². The monoisotopic (exact) mass is 346 g/mol. The summed E-state index contributed by atoms with van der Waals surface area (Å²) in [6.07, 6.45) is -4.80. The van der Waals surface area contributed by atoms with Crippen molar-refractivity contribution in [2.75, 3.05) is 39.3 Å². The van der Waals surface area contributed by atoms with Gasteiger partial charge in [0.15, 0.2) is 0 Å². The molecule has 0 spiro atoms. The Morgan fingerprint density at radius 3 is 2.17 bits per heavy atom. The number of alkyl halides is 3. The molecular weight excluding hydrogens is 321 g/mol. The molecule has 1 saturated heterocycles. The highest BCUT2D eigenvalue weighted by Gasteiger charge is 2.34. The van der Waals surface area contributed by atoms with E-state index in [9.17, 15) is 23.4 Å². The first-order valence-electron chi connectivity index (χ1n) is 8.11. The van der Waals surface area contributed by atoms with Crippen molar-refractivity contribution < 1.29 is 23.4 Å². The average Bonchev–Trinajstić information content (AvgIpc) is 2.48. The van der Waals surface area contributed by atoms with Crippen molar-refractivity contribution in [2.24, 2.45) is 0 Å². The van der Waals surface area contributed by atoms with Crippen LogP contribution in [-0.4, -0.2) is 65.4 Å². The Balaban J connectivity index is 1.99.